The fourth-order valence-electron chi connectivity index (χ4n) is 3.20. The van der Waals surface area contributed by atoms with Crippen molar-refractivity contribution in [2.24, 2.45) is 0 Å². The van der Waals surface area contributed by atoms with Crippen LogP contribution in [0.4, 0.5) is 5.00 Å². The van der Waals surface area contributed by atoms with Crippen molar-refractivity contribution < 1.29 is 19.2 Å². The number of carbonyl (C=O) groups is 2. The molecule has 0 bridgehead atoms. The molecule has 1 aromatic carbocycles. The smallest absolute Gasteiger partial charge is 0.349 e. The maximum Gasteiger partial charge on any atom is 0.349 e. The second kappa shape index (κ2) is 8.23. The Morgan fingerprint density at radius 2 is 1.77 bits per heavy atom. The Kier molecular flexibility index (Phi) is 5.78. The van der Waals surface area contributed by atoms with Crippen LogP contribution in [0.3, 0.4) is 0 Å². The molecule has 136 valence electrons. The zero-order valence-corrected chi connectivity index (χ0v) is 15.0. The van der Waals surface area contributed by atoms with Crippen LogP contribution in [0, 0.1) is 10.1 Å². The van der Waals surface area contributed by atoms with Crippen LogP contribution in [0.5, 0.6) is 0 Å². The van der Waals surface area contributed by atoms with Gasteiger partial charge in [0.05, 0.1) is 4.92 Å². The molecule has 7 heteroatoms. The first-order chi connectivity index (χ1) is 12.5. The lowest BCUT2D eigenvalue weighted by Gasteiger charge is -2.22. The first kappa shape index (κ1) is 18.3. The number of esters is 1. The van der Waals surface area contributed by atoms with Crippen LogP contribution < -0.4 is 0 Å². The highest BCUT2D eigenvalue weighted by atomic mass is 32.1. The van der Waals surface area contributed by atoms with Crippen molar-refractivity contribution in [2.45, 2.75) is 38.0 Å². The molecular formula is C19H19NO5S. The highest BCUT2D eigenvalue weighted by Gasteiger charge is 2.19. The molecular weight excluding hydrogens is 354 g/mol. The summed E-state index contributed by atoms with van der Waals surface area (Å²) < 4.78 is 4.98. The summed E-state index contributed by atoms with van der Waals surface area (Å²) in [5.74, 6) is -0.449. The summed E-state index contributed by atoms with van der Waals surface area (Å²) in [6.45, 7) is -0.382. The standard InChI is InChI=1S/C19H19NO5S/c21-16(12-25-19(22)17-10-11-18(26-17)20(23)24)15-8-6-14(7-9-15)13-4-2-1-3-5-13/h6-11,13H,1-5,12H2. The van der Waals surface area contributed by atoms with Crippen LogP contribution in [0.1, 0.15) is 63.6 Å². The summed E-state index contributed by atoms with van der Waals surface area (Å²) in [7, 11) is 0. The number of hydrogen-bond acceptors (Lipinski definition) is 6. The van der Waals surface area contributed by atoms with Crippen LogP contribution in [0.2, 0.25) is 0 Å². The third-order valence-electron chi connectivity index (χ3n) is 4.62. The molecule has 0 aliphatic heterocycles. The van der Waals surface area contributed by atoms with Gasteiger partial charge < -0.3 is 4.74 Å². The van der Waals surface area contributed by atoms with Crippen LogP contribution in [0.25, 0.3) is 0 Å². The minimum atomic E-state index is -0.727. The lowest BCUT2D eigenvalue weighted by atomic mass is 9.84. The van der Waals surface area contributed by atoms with E-state index in [4.69, 9.17) is 4.74 Å². The van der Waals surface area contributed by atoms with E-state index in [1.54, 1.807) is 12.1 Å². The number of nitrogens with zero attached hydrogens (tertiary/aromatic N) is 1. The number of ether oxygens (including phenoxy) is 1. The van der Waals surface area contributed by atoms with Gasteiger partial charge in [0.2, 0.25) is 0 Å². The number of nitro groups is 1. The molecule has 0 unspecified atom stereocenters. The van der Waals surface area contributed by atoms with Crippen molar-refractivity contribution in [3.63, 3.8) is 0 Å². The predicted molar refractivity (Wildman–Crippen MR) is 97.9 cm³/mol. The summed E-state index contributed by atoms with van der Waals surface area (Å²) in [6.07, 6.45) is 6.19. The number of ketones is 1. The van der Waals surface area contributed by atoms with Crippen molar-refractivity contribution in [3.8, 4) is 0 Å². The number of thiophene rings is 1. The third-order valence-corrected chi connectivity index (χ3v) is 5.63. The van der Waals surface area contributed by atoms with Gasteiger partial charge in [0.1, 0.15) is 4.88 Å². The molecule has 1 heterocycles. The molecule has 0 N–H and O–H groups in total. The van der Waals surface area contributed by atoms with Gasteiger partial charge in [-0.15, -0.1) is 0 Å². The Labute approximate surface area is 154 Å². The summed E-state index contributed by atoms with van der Waals surface area (Å²) in [5.41, 5.74) is 1.75. The van der Waals surface area contributed by atoms with Gasteiger partial charge in [-0.25, -0.2) is 4.79 Å². The number of rotatable bonds is 6. The van der Waals surface area contributed by atoms with Crippen molar-refractivity contribution >= 4 is 28.1 Å². The van der Waals surface area contributed by atoms with Gasteiger partial charge in [0.15, 0.2) is 12.4 Å². The Morgan fingerprint density at radius 3 is 2.38 bits per heavy atom. The van der Waals surface area contributed by atoms with Gasteiger partial charge >= 0.3 is 11.0 Å². The van der Waals surface area contributed by atoms with E-state index in [1.807, 2.05) is 12.1 Å². The molecule has 6 nitrogen and oxygen atoms in total. The maximum atomic E-state index is 12.2. The lowest BCUT2D eigenvalue weighted by molar-refractivity contribution is -0.380. The van der Waals surface area contributed by atoms with E-state index in [2.05, 4.69) is 0 Å². The van der Waals surface area contributed by atoms with E-state index >= 15 is 0 Å². The third kappa shape index (κ3) is 4.35. The van der Waals surface area contributed by atoms with Crippen molar-refractivity contribution in [1.82, 2.24) is 0 Å². The number of Topliss-reactive ketones (excluding diaryl/α,β-unsaturated/α-hetero) is 1. The summed E-state index contributed by atoms with van der Waals surface area (Å²) >= 11 is 0.729. The van der Waals surface area contributed by atoms with Crippen molar-refractivity contribution in [3.05, 3.63) is 62.5 Å². The molecule has 1 aliphatic rings. The number of hydrogen-bond donors (Lipinski definition) is 0. The molecule has 1 aromatic heterocycles. The molecule has 0 spiro atoms. The van der Waals surface area contributed by atoms with E-state index in [0.717, 1.165) is 11.3 Å². The largest absolute Gasteiger partial charge is 0.453 e. The number of carbonyl (C=O) groups excluding carboxylic acids is 2. The zero-order valence-electron chi connectivity index (χ0n) is 14.2. The van der Waals surface area contributed by atoms with Crippen molar-refractivity contribution in [1.29, 1.82) is 0 Å². The predicted octanol–water partition coefficient (Wildman–Crippen LogP) is 4.74. The van der Waals surface area contributed by atoms with Crippen LogP contribution in [-0.2, 0) is 4.74 Å². The quantitative estimate of drug-likeness (QED) is 0.316. The summed E-state index contributed by atoms with van der Waals surface area (Å²) in [6, 6.07) is 10.1. The topological polar surface area (TPSA) is 86.5 Å². The van der Waals surface area contributed by atoms with Gasteiger partial charge in [-0.1, -0.05) is 54.9 Å². The first-order valence-corrected chi connectivity index (χ1v) is 9.41. The van der Waals surface area contributed by atoms with Gasteiger partial charge in [0, 0.05) is 11.6 Å². The van der Waals surface area contributed by atoms with Crippen LogP contribution >= 0.6 is 11.3 Å². The van der Waals surface area contributed by atoms with Gasteiger partial charge in [-0.05, 0) is 30.4 Å². The van der Waals surface area contributed by atoms with Gasteiger partial charge in [0.25, 0.3) is 0 Å². The van der Waals surface area contributed by atoms with Crippen LogP contribution in [0.15, 0.2) is 36.4 Å². The Bertz CT molecular complexity index is 806. The normalized spacial score (nSPS) is 14.8. The average molecular weight is 373 g/mol. The molecule has 3 rings (SSSR count). The molecule has 1 aliphatic carbocycles. The zero-order chi connectivity index (χ0) is 18.5. The molecule has 0 amide bonds. The Hall–Kier alpha value is -2.54. The van der Waals surface area contributed by atoms with E-state index in [1.165, 1.54) is 49.8 Å². The average Bonchev–Trinajstić information content (AvgIpc) is 3.17. The van der Waals surface area contributed by atoms with E-state index < -0.39 is 10.9 Å². The fraction of sp³-hybridized carbons (Fsp3) is 0.368. The van der Waals surface area contributed by atoms with Gasteiger partial charge in [-0.2, -0.15) is 0 Å². The fourth-order valence-corrected chi connectivity index (χ4v) is 3.91. The first-order valence-electron chi connectivity index (χ1n) is 8.59. The van der Waals surface area contributed by atoms with E-state index in [-0.39, 0.29) is 22.3 Å². The van der Waals surface area contributed by atoms with E-state index in [9.17, 15) is 19.7 Å². The highest BCUT2D eigenvalue weighted by Crippen LogP contribution is 2.32. The minimum absolute atomic E-state index is 0.108. The molecule has 1 fully saturated rings. The Morgan fingerprint density at radius 1 is 1.08 bits per heavy atom. The molecule has 26 heavy (non-hydrogen) atoms. The molecule has 0 saturated heterocycles. The molecule has 0 atom stereocenters. The van der Waals surface area contributed by atoms with Crippen LogP contribution in [-0.4, -0.2) is 23.3 Å². The van der Waals surface area contributed by atoms with E-state index in [0.29, 0.717) is 11.5 Å². The minimum Gasteiger partial charge on any atom is -0.453 e. The monoisotopic (exact) mass is 373 g/mol. The summed E-state index contributed by atoms with van der Waals surface area (Å²) in [5, 5.41) is 10.5. The second-order valence-corrected chi connectivity index (χ2v) is 7.41. The highest BCUT2D eigenvalue weighted by molar-refractivity contribution is 7.17. The second-order valence-electron chi connectivity index (χ2n) is 6.35. The Balaban J connectivity index is 1.55. The molecule has 1 saturated carbocycles. The van der Waals surface area contributed by atoms with Crippen molar-refractivity contribution in [2.75, 3.05) is 6.61 Å². The maximum absolute atomic E-state index is 12.2. The molecule has 2 aromatic rings. The van der Waals surface area contributed by atoms with Gasteiger partial charge in [-0.3, -0.25) is 14.9 Å². The molecule has 0 radical (unpaired) electrons. The number of benzene rings is 1. The SMILES string of the molecule is O=C(COC(=O)c1ccc([N+](=O)[O-])s1)c1ccc(C2CCCCC2)cc1. The lowest BCUT2D eigenvalue weighted by Crippen LogP contribution is -2.13. The summed E-state index contributed by atoms with van der Waals surface area (Å²) in [4.78, 5) is 34.3.